The SMILES string of the molecule is OCc1nc[13c]2n1-c1ccc(Cl)cc1[13C](c1ccccc1F)=N[13CH2]2. The minimum atomic E-state index is -0.339. The van der Waals surface area contributed by atoms with E-state index < -0.39 is 0 Å². The molecule has 6 heteroatoms. The minimum Gasteiger partial charge on any atom is -0.388 e. The molecule has 0 saturated carbocycles. The maximum atomic E-state index is 14.3. The number of halogens is 2. The maximum Gasteiger partial charge on any atom is 0.139 e. The van der Waals surface area contributed by atoms with Gasteiger partial charge in [-0.15, -0.1) is 0 Å². The molecule has 0 aliphatic carbocycles. The van der Waals surface area contributed by atoms with Crippen LogP contribution in [0.3, 0.4) is 0 Å². The van der Waals surface area contributed by atoms with Gasteiger partial charge in [-0.3, -0.25) is 9.56 Å². The number of aliphatic hydroxyl groups excluding tert-OH is 1. The fourth-order valence-electron chi connectivity index (χ4n) is 2.97. The number of aliphatic hydroxyl groups is 1. The van der Waals surface area contributed by atoms with Crippen LogP contribution in [-0.4, -0.2) is 20.4 Å². The molecule has 0 bridgehead atoms. The van der Waals surface area contributed by atoms with Crippen LogP contribution < -0.4 is 0 Å². The molecule has 120 valence electrons. The standard InChI is InChI=1S/C18H13ClFN3O/c19-11-5-6-16-14(7-11)18(13-3-1-2-4-15(13)20)22-9-12-8-21-17(10-24)23(12)16/h1-8,24H,9-10H2/i9+1,12+1,18+1. The van der Waals surface area contributed by atoms with Crippen molar-refractivity contribution in [2.75, 3.05) is 0 Å². The van der Waals surface area contributed by atoms with Crippen molar-refractivity contribution in [1.29, 1.82) is 0 Å². The van der Waals surface area contributed by atoms with Gasteiger partial charge in [0.1, 0.15) is 18.2 Å². The molecular weight excluding hydrogens is 332 g/mol. The van der Waals surface area contributed by atoms with Crippen molar-refractivity contribution in [2.45, 2.75) is 13.2 Å². The molecule has 1 aliphatic heterocycles. The quantitative estimate of drug-likeness (QED) is 0.723. The van der Waals surface area contributed by atoms with E-state index in [1.54, 1.807) is 36.5 Å². The van der Waals surface area contributed by atoms with Gasteiger partial charge in [0.15, 0.2) is 0 Å². The zero-order valence-corrected chi connectivity index (χ0v) is 13.3. The van der Waals surface area contributed by atoms with Gasteiger partial charge in [0.05, 0.1) is 29.8 Å². The molecule has 0 saturated heterocycles. The number of fused-ring (bicyclic) bond motifs is 3. The first-order valence-corrected chi connectivity index (χ1v) is 7.83. The van der Waals surface area contributed by atoms with Gasteiger partial charge in [-0.2, -0.15) is 0 Å². The molecule has 0 spiro atoms. The summed E-state index contributed by atoms with van der Waals surface area (Å²) in [7, 11) is 0. The Kier molecular flexibility index (Phi) is 3.67. The number of hydrogen-bond donors (Lipinski definition) is 1. The molecule has 0 fully saturated rings. The predicted molar refractivity (Wildman–Crippen MR) is 90.2 cm³/mol. The van der Waals surface area contributed by atoms with Gasteiger partial charge in [0.25, 0.3) is 0 Å². The number of rotatable bonds is 2. The first-order chi connectivity index (χ1) is 11.7. The van der Waals surface area contributed by atoms with Crippen LogP contribution in [0.4, 0.5) is 4.39 Å². The highest BCUT2D eigenvalue weighted by atomic mass is 35.5. The Bertz CT molecular complexity index is 965. The van der Waals surface area contributed by atoms with Crippen molar-refractivity contribution >= 4 is 17.3 Å². The van der Waals surface area contributed by atoms with Crippen LogP contribution >= 0.6 is 11.6 Å². The number of benzene rings is 2. The van der Waals surface area contributed by atoms with E-state index in [2.05, 4.69) is 9.98 Å². The summed E-state index contributed by atoms with van der Waals surface area (Å²) in [6.07, 6.45) is 1.68. The van der Waals surface area contributed by atoms with Crippen LogP contribution in [0.25, 0.3) is 5.69 Å². The van der Waals surface area contributed by atoms with Crippen LogP contribution in [0.1, 0.15) is 22.6 Å². The third-order valence-electron chi connectivity index (χ3n) is 4.03. The minimum absolute atomic E-state index is 0.197. The van der Waals surface area contributed by atoms with Crippen molar-refractivity contribution in [3.8, 4) is 5.69 Å². The second-order valence-electron chi connectivity index (χ2n) is 5.47. The van der Waals surface area contributed by atoms with Gasteiger partial charge in [0.2, 0.25) is 0 Å². The Morgan fingerprint density at radius 2 is 2.00 bits per heavy atom. The van der Waals surface area contributed by atoms with Crippen LogP contribution in [0.2, 0.25) is 5.02 Å². The summed E-state index contributed by atoms with van der Waals surface area (Å²) in [4.78, 5) is 8.83. The number of aromatic nitrogens is 2. The van der Waals surface area contributed by atoms with E-state index in [1.165, 1.54) is 6.07 Å². The zero-order valence-electron chi connectivity index (χ0n) is 12.6. The van der Waals surface area contributed by atoms with Crippen molar-refractivity contribution in [2.24, 2.45) is 4.99 Å². The van der Waals surface area contributed by atoms with Crippen LogP contribution in [0, 0.1) is 5.82 Å². The lowest BCUT2D eigenvalue weighted by Gasteiger charge is -2.14. The predicted octanol–water partition coefficient (Wildman–Crippen LogP) is 3.51. The largest absolute Gasteiger partial charge is 0.388 e. The van der Waals surface area contributed by atoms with E-state index in [9.17, 15) is 9.50 Å². The highest BCUT2D eigenvalue weighted by Gasteiger charge is 2.23. The van der Waals surface area contributed by atoms with Crippen LogP contribution in [0.15, 0.2) is 53.7 Å². The maximum absolute atomic E-state index is 14.3. The zero-order chi connectivity index (χ0) is 16.7. The molecule has 1 aliphatic rings. The van der Waals surface area contributed by atoms with Gasteiger partial charge in [-0.1, -0.05) is 23.7 Å². The molecule has 2 heterocycles. The summed E-state index contributed by atoms with van der Waals surface area (Å²) in [6.45, 7) is 0.139. The molecule has 4 nitrogen and oxygen atoms in total. The average molecular weight is 345 g/mol. The lowest BCUT2D eigenvalue weighted by molar-refractivity contribution is 0.269. The third kappa shape index (κ3) is 2.33. The van der Waals surface area contributed by atoms with E-state index in [4.69, 9.17) is 11.6 Å². The molecule has 4 rings (SSSR count). The molecule has 0 radical (unpaired) electrons. The Morgan fingerprint density at radius 1 is 1.17 bits per heavy atom. The first-order valence-electron chi connectivity index (χ1n) is 7.45. The lowest BCUT2D eigenvalue weighted by Crippen LogP contribution is -2.10. The van der Waals surface area contributed by atoms with Gasteiger partial charge in [-0.25, -0.2) is 9.37 Å². The Morgan fingerprint density at radius 3 is 2.79 bits per heavy atom. The Labute approximate surface area is 142 Å². The summed E-state index contributed by atoms with van der Waals surface area (Å²) in [5.74, 6) is 0.174. The third-order valence-corrected chi connectivity index (χ3v) is 4.27. The average Bonchev–Trinajstić information content (AvgIpc) is 2.93. The lowest BCUT2D eigenvalue weighted by atomic mass is 10.1. The van der Waals surface area contributed by atoms with Crippen LogP contribution in [0.5, 0.6) is 0 Å². The normalized spacial score (nSPS) is 13.0. The summed E-state index contributed by atoms with van der Waals surface area (Å²) in [5.41, 5.74) is 3.27. The Balaban J connectivity index is 2.01. The summed E-state index contributed by atoms with van der Waals surface area (Å²) in [6, 6.07) is 11.9. The fourth-order valence-corrected chi connectivity index (χ4v) is 3.14. The topological polar surface area (TPSA) is 50.4 Å². The summed E-state index contributed by atoms with van der Waals surface area (Å²) < 4.78 is 16.2. The smallest absolute Gasteiger partial charge is 0.139 e. The molecule has 2 aromatic carbocycles. The number of aliphatic imine (C=N–C) groups is 1. The van der Waals surface area contributed by atoms with E-state index in [0.29, 0.717) is 34.2 Å². The second kappa shape index (κ2) is 5.85. The van der Waals surface area contributed by atoms with E-state index in [-0.39, 0.29) is 12.4 Å². The Hall–Kier alpha value is -2.50. The molecule has 0 unspecified atom stereocenters. The van der Waals surface area contributed by atoms with Crippen molar-refractivity contribution in [1.82, 2.24) is 9.55 Å². The number of hydrogen-bond acceptors (Lipinski definition) is 3. The fraction of sp³-hybridized carbons (Fsp3) is 0.111. The highest BCUT2D eigenvalue weighted by molar-refractivity contribution is 6.31. The van der Waals surface area contributed by atoms with Crippen molar-refractivity contribution in [3.05, 3.63) is 82.1 Å². The van der Waals surface area contributed by atoms with Gasteiger partial charge in [0, 0.05) is 16.1 Å². The van der Waals surface area contributed by atoms with E-state index in [0.717, 1.165) is 11.4 Å². The highest BCUT2D eigenvalue weighted by Crippen LogP contribution is 2.29. The molecular formula is C18H13ClFN3O. The first kappa shape index (κ1) is 15.1. The van der Waals surface area contributed by atoms with Crippen LogP contribution in [-0.2, 0) is 13.2 Å². The molecule has 0 amide bonds. The number of imidazole rings is 1. The molecule has 1 aromatic heterocycles. The van der Waals surface area contributed by atoms with Gasteiger partial charge < -0.3 is 5.11 Å². The van der Waals surface area contributed by atoms with E-state index >= 15 is 0 Å². The second-order valence-corrected chi connectivity index (χ2v) is 5.90. The van der Waals surface area contributed by atoms with Gasteiger partial charge >= 0.3 is 0 Å². The molecule has 3 aromatic rings. The molecule has 1 N–H and O–H groups in total. The summed E-state index contributed by atoms with van der Waals surface area (Å²) in [5, 5.41) is 10.1. The molecule has 0 atom stereocenters. The van der Waals surface area contributed by atoms with E-state index in [1.807, 2.05) is 10.6 Å². The molecule has 24 heavy (non-hydrogen) atoms. The number of nitrogens with zero attached hydrogens (tertiary/aromatic N) is 3. The van der Waals surface area contributed by atoms with Crippen molar-refractivity contribution < 1.29 is 9.50 Å². The summed E-state index contributed by atoms with van der Waals surface area (Å²) >= 11 is 6.17. The monoisotopic (exact) mass is 344 g/mol. The van der Waals surface area contributed by atoms with Gasteiger partial charge in [-0.05, 0) is 30.3 Å². The van der Waals surface area contributed by atoms with Crippen molar-refractivity contribution in [3.63, 3.8) is 0 Å².